The number of benzene rings is 4. The van der Waals surface area contributed by atoms with Crippen LogP contribution in [0.1, 0.15) is 70.2 Å². The molecule has 0 unspecified atom stereocenters. The van der Waals surface area contributed by atoms with Crippen LogP contribution in [0.4, 0.5) is 0 Å². The Balaban J connectivity index is 1.27. The highest BCUT2D eigenvalue weighted by Crippen LogP contribution is 2.39. The van der Waals surface area contributed by atoms with Crippen molar-refractivity contribution in [2.24, 2.45) is 0 Å². The summed E-state index contributed by atoms with van der Waals surface area (Å²) in [6.07, 6.45) is 5.14. The molecule has 6 N–H and O–H groups in total. The second-order valence-electron chi connectivity index (χ2n) is 14.7. The van der Waals surface area contributed by atoms with Gasteiger partial charge in [0.25, 0.3) is 0 Å². The summed E-state index contributed by atoms with van der Waals surface area (Å²) < 4.78 is 41.0. The molecule has 0 saturated heterocycles. The van der Waals surface area contributed by atoms with Crippen LogP contribution in [0.5, 0.6) is 23.0 Å². The smallest absolute Gasteiger partial charge is 0.325 e. The number of hydrogen-bond donors (Lipinski definition) is 6. The van der Waals surface area contributed by atoms with Gasteiger partial charge in [-0.25, -0.2) is 0 Å². The number of nitriles is 1. The lowest BCUT2D eigenvalue weighted by molar-refractivity contribution is 0.287. The minimum absolute atomic E-state index is 0.0425. The number of hydrogen-bond acceptors (Lipinski definition) is 9. The van der Waals surface area contributed by atoms with Crippen molar-refractivity contribution >= 4 is 38.4 Å². The van der Waals surface area contributed by atoms with Crippen molar-refractivity contribution < 1.29 is 48.0 Å². The molecule has 0 aliphatic carbocycles. The van der Waals surface area contributed by atoms with Gasteiger partial charge in [-0.2, -0.15) is 5.26 Å². The molecule has 5 rings (SSSR count). The lowest BCUT2D eigenvalue weighted by Crippen LogP contribution is -2.16. The van der Waals surface area contributed by atoms with Crippen molar-refractivity contribution in [3.63, 3.8) is 0 Å². The molecule has 17 heteroatoms. The largest absolute Gasteiger partial charge is 0.508 e. The minimum atomic E-state index is -4.10. The molecule has 0 atom stereocenters. The van der Waals surface area contributed by atoms with Crippen LogP contribution in [0.25, 0.3) is 11.1 Å². The Bertz CT molecular complexity index is 2450. The molecular weight excluding hydrogens is 863 g/mol. The molecule has 5 aromatic rings. The number of nitrogens with zero attached hydrogens (tertiary/aromatic N) is 2. The van der Waals surface area contributed by atoms with E-state index in [-0.39, 0.29) is 44.3 Å². The zero-order chi connectivity index (χ0) is 44.2. The topological polar surface area (TPSA) is 212 Å². The van der Waals surface area contributed by atoms with Crippen LogP contribution in [0.2, 0.25) is 10.0 Å². The Hall–Kier alpha value is -4.44. The highest BCUT2D eigenvalue weighted by Gasteiger charge is 2.18. The summed E-state index contributed by atoms with van der Waals surface area (Å²) in [6.45, 7) is 5.24. The molecule has 0 radical (unpaired) electrons. The van der Waals surface area contributed by atoms with E-state index in [9.17, 15) is 29.3 Å². The lowest BCUT2D eigenvalue weighted by Gasteiger charge is -2.18. The van der Waals surface area contributed by atoms with Gasteiger partial charge in [0.05, 0.1) is 21.8 Å². The molecule has 0 spiro atoms. The SMILES string of the molecule is Cc1c(COc2cc(O)c(CCCCCP(=O)(O)O)cc2Cl)cccc1-c1cccc(COc2cc(OCc3cncc(C#N)c3)c(CNCCCP(=O)(O)O)cc2Cl)c1C. The number of phenols is 1. The number of aromatic hydroxyl groups is 1. The van der Waals surface area contributed by atoms with E-state index in [4.69, 9.17) is 47.2 Å². The van der Waals surface area contributed by atoms with Gasteiger partial charge in [-0.1, -0.05) is 66.0 Å². The van der Waals surface area contributed by atoms with Gasteiger partial charge in [-0.05, 0) is 103 Å². The molecule has 0 bridgehead atoms. The second kappa shape index (κ2) is 22.1. The van der Waals surface area contributed by atoms with Crippen LogP contribution in [-0.2, 0) is 41.9 Å². The third-order valence-electron chi connectivity index (χ3n) is 10.0. The number of aromatic nitrogens is 1. The van der Waals surface area contributed by atoms with Gasteiger partial charge in [0.15, 0.2) is 0 Å². The zero-order valence-corrected chi connectivity index (χ0v) is 37.1. The fourth-order valence-corrected chi connectivity index (χ4v) is 8.35. The molecule has 324 valence electrons. The molecular formula is C44H49Cl2N3O10P2. The summed E-state index contributed by atoms with van der Waals surface area (Å²) in [5, 5.41) is 23.9. The first-order valence-electron chi connectivity index (χ1n) is 19.5. The summed E-state index contributed by atoms with van der Waals surface area (Å²) >= 11 is 13.3. The molecule has 0 amide bonds. The highest BCUT2D eigenvalue weighted by atomic mass is 35.5. The van der Waals surface area contributed by atoms with Gasteiger partial charge in [0.1, 0.15) is 48.9 Å². The predicted octanol–water partition coefficient (Wildman–Crippen LogP) is 9.53. The number of halogens is 2. The van der Waals surface area contributed by atoms with E-state index in [1.807, 2.05) is 50.2 Å². The van der Waals surface area contributed by atoms with Crippen LogP contribution in [0.15, 0.2) is 79.1 Å². The normalized spacial score (nSPS) is 11.7. The summed E-state index contributed by atoms with van der Waals surface area (Å²) in [7, 11) is -8.12. The van der Waals surface area contributed by atoms with E-state index < -0.39 is 15.2 Å². The Morgan fingerprint density at radius 3 is 1.87 bits per heavy atom. The van der Waals surface area contributed by atoms with Gasteiger partial charge in [0, 0.05) is 48.4 Å². The van der Waals surface area contributed by atoms with Crippen molar-refractivity contribution in [1.82, 2.24) is 10.3 Å². The van der Waals surface area contributed by atoms with Gasteiger partial charge in [0.2, 0.25) is 0 Å². The third-order valence-corrected chi connectivity index (χ3v) is 12.4. The molecule has 61 heavy (non-hydrogen) atoms. The van der Waals surface area contributed by atoms with E-state index in [2.05, 4.69) is 16.4 Å². The minimum Gasteiger partial charge on any atom is -0.508 e. The number of unbranched alkanes of at least 4 members (excludes halogenated alkanes) is 2. The molecule has 0 aliphatic heterocycles. The number of ether oxygens (including phenoxy) is 3. The number of nitrogens with one attached hydrogen (secondary N) is 1. The van der Waals surface area contributed by atoms with Gasteiger partial charge >= 0.3 is 15.2 Å². The first-order valence-corrected chi connectivity index (χ1v) is 23.9. The average molecular weight is 913 g/mol. The van der Waals surface area contributed by atoms with E-state index in [1.165, 1.54) is 12.3 Å². The second-order valence-corrected chi connectivity index (χ2v) is 19.0. The number of aryl methyl sites for hydroxylation is 1. The lowest BCUT2D eigenvalue weighted by atomic mass is 9.92. The van der Waals surface area contributed by atoms with Crippen molar-refractivity contribution in [2.75, 3.05) is 18.9 Å². The first-order chi connectivity index (χ1) is 29.0. The molecule has 0 saturated carbocycles. The van der Waals surface area contributed by atoms with Crippen LogP contribution < -0.4 is 19.5 Å². The van der Waals surface area contributed by atoms with Crippen molar-refractivity contribution in [2.45, 2.75) is 72.3 Å². The van der Waals surface area contributed by atoms with E-state index in [0.717, 1.165) is 33.4 Å². The predicted molar refractivity (Wildman–Crippen MR) is 236 cm³/mol. The fraction of sp³-hybridized carbons (Fsp3) is 0.318. The van der Waals surface area contributed by atoms with Crippen molar-refractivity contribution in [3.05, 3.63) is 134 Å². The Labute approximate surface area is 365 Å². The maximum absolute atomic E-state index is 11.3. The van der Waals surface area contributed by atoms with Gasteiger partial charge in [-0.15, -0.1) is 0 Å². The molecule has 1 aromatic heterocycles. The van der Waals surface area contributed by atoms with E-state index >= 15 is 0 Å². The Morgan fingerprint density at radius 1 is 0.689 bits per heavy atom. The third kappa shape index (κ3) is 14.6. The summed E-state index contributed by atoms with van der Waals surface area (Å²) in [5.74, 6) is 1.25. The summed E-state index contributed by atoms with van der Waals surface area (Å²) in [4.78, 5) is 40.6. The zero-order valence-electron chi connectivity index (χ0n) is 33.8. The maximum Gasteiger partial charge on any atom is 0.325 e. The Morgan fingerprint density at radius 2 is 1.26 bits per heavy atom. The highest BCUT2D eigenvalue weighted by molar-refractivity contribution is 7.52. The molecule has 13 nitrogen and oxygen atoms in total. The van der Waals surface area contributed by atoms with Crippen LogP contribution in [-0.4, -0.2) is 48.5 Å². The first kappa shape index (κ1) is 47.6. The van der Waals surface area contributed by atoms with Gasteiger partial charge in [-0.3, -0.25) is 14.1 Å². The maximum atomic E-state index is 11.3. The summed E-state index contributed by atoms with van der Waals surface area (Å²) in [5.41, 5.74) is 8.30. The average Bonchev–Trinajstić information content (AvgIpc) is 3.20. The molecule has 0 aliphatic rings. The fourth-order valence-electron chi connectivity index (χ4n) is 6.66. The quantitative estimate of drug-likeness (QED) is 0.0283. The van der Waals surface area contributed by atoms with Crippen LogP contribution in [0, 0.1) is 25.2 Å². The molecule has 1 heterocycles. The number of phenolic OH excluding ortho intramolecular Hbond substituents is 1. The van der Waals surface area contributed by atoms with E-state index in [1.54, 1.807) is 30.5 Å². The van der Waals surface area contributed by atoms with Crippen molar-refractivity contribution in [3.8, 4) is 40.2 Å². The molecule has 0 fully saturated rings. The van der Waals surface area contributed by atoms with Gasteiger partial charge < -0.3 is 44.2 Å². The standard InChI is InChI=1S/C44H49Cl2N3O10P2/c1-29-34(27-58-43-20-41(50)33(18-39(43)45)9-4-3-5-15-60(51,52)53)10-6-12-37(29)38-13-7-11-35(30(38)2)28-59-44-21-42(57-26-32-17-31(22-47)23-49-24-32)36(19-40(44)46)25-48-14-8-16-61(54,55)56/h6-7,10-13,17-21,23-24,48,50H,3-5,8-9,14-16,25-28H2,1-2H3,(H2,51,52,53)(H2,54,55,56). The monoisotopic (exact) mass is 911 g/mol. The van der Waals surface area contributed by atoms with Crippen LogP contribution in [0.3, 0.4) is 0 Å². The Kier molecular flexibility index (Phi) is 17.2. The number of rotatable bonds is 22. The van der Waals surface area contributed by atoms with Crippen molar-refractivity contribution in [1.29, 1.82) is 5.26 Å². The van der Waals surface area contributed by atoms with Crippen LogP contribution >= 0.6 is 38.4 Å². The summed E-state index contributed by atoms with van der Waals surface area (Å²) in [6, 6.07) is 22.3. The van der Waals surface area contributed by atoms with E-state index in [0.29, 0.717) is 88.3 Å². The molecule has 4 aromatic carbocycles. The number of pyridine rings is 1.